The average Bonchev–Trinajstić information content (AvgIpc) is 3.80. The molecule has 2 aliphatic rings. The second-order valence-corrected chi connectivity index (χ2v) is 9.78. The first kappa shape index (κ1) is 24.9. The van der Waals surface area contributed by atoms with E-state index in [0.717, 1.165) is 31.5 Å². The van der Waals surface area contributed by atoms with E-state index >= 15 is 0 Å². The van der Waals surface area contributed by atoms with Gasteiger partial charge in [0.1, 0.15) is 18.2 Å². The monoisotopic (exact) mass is 509 g/mol. The van der Waals surface area contributed by atoms with Crippen LogP contribution in [-0.2, 0) is 28.1 Å². The molecule has 2 aromatic heterocycles. The number of hydrogen-bond acceptors (Lipinski definition) is 6. The van der Waals surface area contributed by atoms with Crippen LogP contribution in [0.5, 0.6) is 5.75 Å². The number of rotatable bonds is 12. The van der Waals surface area contributed by atoms with E-state index < -0.39 is 17.4 Å². The number of amides is 2. The minimum Gasteiger partial charge on any atom is -0.494 e. The molecule has 2 heterocycles. The van der Waals surface area contributed by atoms with E-state index in [-0.39, 0.29) is 24.0 Å². The maximum absolute atomic E-state index is 14.2. The molecule has 2 fully saturated rings. The van der Waals surface area contributed by atoms with Gasteiger partial charge in [-0.1, -0.05) is 6.07 Å². The summed E-state index contributed by atoms with van der Waals surface area (Å²) in [4.78, 5) is 28.8. The van der Waals surface area contributed by atoms with Gasteiger partial charge in [-0.2, -0.15) is 5.10 Å². The van der Waals surface area contributed by atoms with Crippen LogP contribution in [0.4, 0.5) is 4.39 Å². The predicted octanol–water partition coefficient (Wildman–Crippen LogP) is 2.26. The lowest BCUT2D eigenvalue weighted by atomic mass is 10.0. The van der Waals surface area contributed by atoms with E-state index in [0.29, 0.717) is 31.0 Å². The summed E-state index contributed by atoms with van der Waals surface area (Å²) in [7, 11) is 3.00. The van der Waals surface area contributed by atoms with Gasteiger partial charge in [0.25, 0.3) is 0 Å². The smallest absolute Gasteiger partial charge is 0.245 e. The Balaban J connectivity index is 1.40. The van der Waals surface area contributed by atoms with E-state index in [2.05, 4.69) is 20.6 Å². The first-order valence-corrected chi connectivity index (χ1v) is 12.7. The standard InChI is InChI=1S/C26H32FN7O3/c1-28-25(36)23(26(10-11-26)34-13-3-12-30-34)33(15-14-32-17-29-31-24(32)19-6-7-19)22(35)9-5-18-4-8-21(37-2)20(27)16-18/h3-4,8,12-13,16-17,19,23H,5-7,9-11,14-15H2,1-2H3,(H,28,36). The van der Waals surface area contributed by atoms with Gasteiger partial charge in [0.2, 0.25) is 11.8 Å². The normalized spacial score (nSPS) is 16.7. The minimum absolute atomic E-state index is 0.131. The molecular weight excluding hydrogens is 477 g/mol. The van der Waals surface area contributed by atoms with Gasteiger partial charge in [-0.15, -0.1) is 10.2 Å². The van der Waals surface area contributed by atoms with Crippen LogP contribution in [0.15, 0.2) is 43.0 Å². The van der Waals surface area contributed by atoms with Crippen molar-refractivity contribution in [2.24, 2.45) is 0 Å². The number of nitrogens with zero attached hydrogens (tertiary/aromatic N) is 6. The highest BCUT2D eigenvalue weighted by Crippen LogP contribution is 2.48. The number of halogens is 1. The van der Waals surface area contributed by atoms with Crippen molar-refractivity contribution in [2.75, 3.05) is 20.7 Å². The SMILES string of the molecule is CNC(=O)C(N(CCn1cnnc1C1CC1)C(=O)CCc1ccc(OC)c(F)c1)C1(n2cccn2)CC1. The predicted molar refractivity (Wildman–Crippen MR) is 132 cm³/mol. The molecule has 3 aromatic rings. The van der Waals surface area contributed by atoms with E-state index in [1.54, 1.807) is 41.3 Å². The molecule has 0 aliphatic heterocycles. The summed E-state index contributed by atoms with van der Waals surface area (Å²) in [5, 5.41) is 15.5. The van der Waals surface area contributed by atoms with Gasteiger partial charge >= 0.3 is 0 Å². The molecule has 1 aromatic carbocycles. The zero-order valence-corrected chi connectivity index (χ0v) is 21.1. The van der Waals surface area contributed by atoms with Crippen molar-refractivity contribution >= 4 is 11.8 Å². The van der Waals surface area contributed by atoms with E-state index in [1.807, 2.05) is 16.8 Å². The Labute approximate surface area is 214 Å². The second kappa shape index (κ2) is 10.3. The molecule has 0 saturated heterocycles. The fraction of sp³-hybridized carbons (Fsp3) is 0.500. The molecule has 0 spiro atoms. The number of nitrogens with one attached hydrogen (secondary N) is 1. The maximum atomic E-state index is 14.2. The third-order valence-corrected chi connectivity index (χ3v) is 7.37. The number of methoxy groups -OCH3 is 1. The molecule has 10 nitrogen and oxygen atoms in total. The van der Waals surface area contributed by atoms with Gasteiger partial charge in [-0.25, -0.2) is 4.39 Å². The summed E-state index contributed by atoms with van der Waals surface area (Å²) >= 11 is 0. The first-order valence-electron chi connectivity index (χ1n) is 12.7. The number of aromatic nitrogens is 5. The lowest BCUT2D eigenvalue weighted by Crippen LogP contribution is -2.57. The van der Waals surface area contributed by atoms with Gasteiger partial charge in [-0.3, -0.25) is 14.3 Å². The van der Waals surface area contributed by atoms with Crippen LogP contribution >= 0.6 is 0 Å². The van der Waals surface area contributed by atoms with Crippen molar-refractivity contribution in [2.45, 2.75) is 62.6 Å². The maximum Gasteiger partial charge on any atom is 0.245 e. The topological polar surface area (TPSA) is 107 Å². The summed E-state index contributed by atoms with van der Waals surface area (Å²) in [5.74, 6) is 0.610. The fourth-order valence-corrected chi connectivity index (χ4v) is 5.07. The molecule has 11 heteroatoms. The number of hydrogen-bond donors (Lipinski definition) is 1. The van der Waals surface area contributed by atoms with Gasteiger partial charge < -0.3 is 19.5 Å². The highest BCUT2D eigenvalue weighted by atomic mass is 19.1. The molecule has 2 saturated carbocycles. The third kappa shape index (κ3) is 5.07. The van der Waals surface area contributed by atoms with Crippen LogP contribution in [0.3, 0.4) is 0 Å². The summed E-state index contributed by atoms with van der Waals surface area (Å²) in [6.45, 7) is 0.791. The minimum atomic E-state index is -0.738. The van der Waals surface area contributed by atoms with Crippen molar-refractivity contribution in [1.82, 2.24) is 34.8 Å². The van der Waals surface area contributed by atoms with Gasteiger partial charge in [-0.05, 0) is 55.9 Å². The Morgan fingerprint density at radius 3 is 2.76 bits per heavy atom. The second-order valence-electron chi connectivity index (χ2n) is 9.78. The Kier molecular flexibility index (Phi) is 6.94. The molecule has 37 heavy (non-hydrogen) atoms. The number of carbonyl (C=O) groups is 2. The van der Waals surface area contributed by atoms with Crippen molar-refractivity contribution in [3.05, 3.63) is 60.2 Å². The van der Waals surface area contributed by atoms with Crippen molar-refractivity contribution < 1.29 is 18.7 Å². The molecule has 1 atom stereocenters. The fourth-order valence-electron chi connectivity index (χ4n) is 5.07. The number of carbonyl (C=O) groups excluding carboxylic acids is 2. The number of benzene rings is 1. The summed E-state index contributed by atoms with van der Waals surface area (Å²) in [6, 6.07) is 5.78. The van der Waals surface area contributed by atoms with Crippen LogP contribution in [0.25, 0.3) is 0 Å². The Hall–Kier alpha value is -3.76. The zero-order valence-electron chi connectivity index (χ0n) is 21.1. The van der Waals surface area contributed by atoms with Crippen LogP contribution in [0, 0.1) is 5.82 Å². The Bertz CT molecular complexity index is 1250. The molecule has 0 bridgehead atoms. The van der Waals surface area contributed by atoms with Crippen LogP contribution < -0.4 is 10.1 Å². The summed E-state index contributed by atoms with van der Waals surface area (Å²) in [5.41, 5.74) is 0.0870. The van der Waals surface area contributed by atoms with E-state index in [9.17, 15) is 14.0 Å². The van der Waals surface area contributed by atoms with Crippen LogP contribution in [-0.4, -0.2) is 68.0 Å². The molecule has 0 radical (unpaired) electrons. The lowest BCUT2D eigenvalue weighted by molar-refractivity contribution is -0.143. The quantitative estimate of drug-likeness (QED) is 0.401. The molecule has 1 unspecified atom stereocenters. The molecule has 196 valence electrons. The summed E-state index contributed by atoms with van der Waals surface area (Å²) < 4.78 is 23.0. The molecule has 1 N–H and O–H groups in total. The molecular formula is C26H32FN7O3. The van der Waals surface area contributed by atoms with Crippen LogP contribution in [0.2, 0.25) is 0 Å². The van der Waals surface area contributed by atoms with Crippen LogP contribution in [0.1, 0.15) is 49.4 Å². The van der Waals surface area contributed by atoms with E-state index in [1.165, 1.54) is 13.2 Å². The van der Waals surface area contributed by atoms with E-state index in [4.69, 9.17) is 4.74 Å². The number of aryl methyl sites for hydroxylation is 1. The van der Waals surface area contributed by atoms with Gasteiger partial charge in [0.05, 0.1) is 12.6 Å². The number of likely N-dealkylation sites (N-methyl/N-ethyl adjacent to an activating group) is 1. The molecule has 5 rings (SSSR count). The highest BCUT2D eigenvalue weighted by Gasteiger charge is 2.57. The zero-order chi connectivity index (χ0) is 26.0. The molecule has 2 aliphatic carbocycles. The van der Waals surface area contributed by atoms with Gasteiger partial charge in [0, 0.05) is 44.9 Å². The van der Waals surface area contributed by atoms with Gasteiger partial charge in [0.15, 0.2) is 11.6 Å². The first-order chi connectivity index (χ1) is 18.0. The number of ether oxygens (including phenoxy) is 1. The molecule has 2 amide bonds. The summed E-state index contributed by atoms with van der Waals surface area (Å²) in [6.07, 6.45) is 9.33. The third-order valence-electron chi connectivity index (χ3n) is 7.37. The Morgan fingerprint density at radius 1 is 1.32 bits per heavy atom. The highest BCUT2D eigenvalue weighted by molar-refractivity contribution is 5.89. The Morgan fingerprint density at radius 2 is 2.14 bits per heavy atom. The van der Waals surface area contributed by atoms with Crippen molar-refractivity contribution in [3.8, 4) is 5.75 Å². The van der Waals surface area contributed by atoms with Crippen molar-refractivity contribution in [1.29, 1.82) is 0 Å². The average molecular weight is 510 g/mol. The lowest BCUT2D eigenvalue weighted by Gasteiger charge is -2.36. The van der Waals surface area contributed by atoms with Crippen molar-refractivity contribution in [3.63, 3.8) is 0 Å². The largest absolute Gasteiger partial charge is 0.494 e.